The predicted molar refractivity (Wildman–Crippen MR) is 240 cm³/mol. The molecule has 2 heterocycles. The van der Waals surface area contributed by atoms with E-state index in [1.807, 2.05) is 12.1 Å². The molecule has 0 saturated heterocycles. The summed E-state index contributed by atoms with van der Waals surface area (Å²) in [5.74, 6) is 0.980. The van der Waals surface area contributed by atoms with Gasteiger partial charge in [0.05, 0.1) is 11.0 Å². The third-order valence-corrected chi connectivity index (χ3v) is 12.1. The van der Waals surface area contributed by atoms with E-state index in [0.29, 0.717) is 11.8 Å². The molecule has 56 heavy (non-hydrogen) atoms. The quantitative estimate of drug-likeness (QED) is 0.0730. The summed E-state index contributed by atoms with van der Waals surface area (Å²) in [4.78, 5) is 26.2. The zero-order chi connectivity index (χ0) is 39.7. The van der Waals surface area contributed by atoms with Crippen molar-refractivity contribution in [3.05, 3.63) is 107 Å². The van der Waals surface area contributed by atoms with Crippen molar-refractivity contribution >= 4 is 55.2 Å². The molecule has 4 nitrogen and oxygen atoms in total. The van der Waals surface area contributed by atoms with Crippen LogP contribution in [0.3, 0.4) is 0 Å². The Bertz CT molecular complexity index is 2360. The number of hydrogen-bond donors (Lipinski definition) is 0. The largest absolute Gasteiger partial charge is 0.340 e. The van der Waals surface area contributed by atoms with Crippen LogP contribution in [0.1, 0.15) is 150 Å². The lowest BCUT2D eigenvalue weighted by Crippen LogP contribution is -2.02. The minimum absolute atomic E-state index is 0.0750. The number of fused-ring (bicyclic) bond motifs is 6. The third kappa shape index (κ3) is 7.24. The number of nitrogens with zero attached hydrogens (tertiary/aromatic N) is 2. The number of ketones is 2. The maximum atomic E-state index is 13.1. The van der Waals surface area contributed by atoms with Gasteiger partial charge in [-0.15, -0.1) is 0 Å². The van der Waals surface area contributed by atoms with Gasteiger partial charge in [-0.3, -0.25) is 9.59 Å². The summed E-state index contributed by atoms with van der Waals surface area (Å²) in [5.41, 5.74) is 13.6. The first-order valence-corrected chi connectivity index (χ1v) is 21.4. The van der Waals surface area contributed by atoms with E-state index in [1.54, 1.807) is 13.8 Å². The van der Waals surface area contributed by atoms with Gasteiger partial charge < -0.3 is 9.13 Å². The summed E-state index contributed by atoms with van der Waals surface area (Å²) < 4.78 is 5.14. The minimum Gasteiger partial charge on any atom is -0.340 e. The molecular weight excluding hydrogens is 685 g/mol. The maximum absolute atomic E-state index is 13.1. The highest BCUT2D eigenvalue weighted by Gasteiger charge is 2.29. The number of rotatable bonds is 16. The van der Waals surface area contributed by atoms with E-state index in [-0.39, 0.29) is 11.6 Å². The number of aryl methyl sites for hydroxylation is 2. The highest BCUT2D eigenvalue weighted by molar-refractivity contribution is 6.33. The lowest BCUT2D eigenvalue weighted by molar-refractivity contribution is 0.100. The smallest absolute Gasteiger partial charge is 0.159 e. The van der Waals surface area contributed by atoms with E-state index in [2.05, 4.69) is 123 Å². The molecular formula is C52H60N2O2. The van der Waals surface area contributed by atoms with Crippen LogP contribution in [0.15, 0.2) is 84.9 Å². The summed E-state index contributed by atoms with van der Waals surface area (Å²) in [6.07, 6.45) is 9.21. The summed E-state index contributed by atoms with van der Waals surface area (Å²) in [7, 11) is 0. The monoisotopic (exact) mass is 744 g/mol. The second-order valence-electron chi connectivity index (χ2n) is 16.8. The summed E-state index contributed by atoms with van der Waals surface area (Å²) >= 11 is 0. The molecule has 4 heteroatoms. The molecule has 0 bridgehead atoms. The Morgan fingerprint density at radius 2 is 0.875 bits per heavy atom. The van der Waals surface area contributed by atoms with Crippen LogP contribution in [0.5, 0.6) is 0 Å². The van der Waals surface area contributed by atoms with Crippen molar-refractivity contribution in [2.45, 2.75) is 132 Å². The first kappa shape index (κ1) is 39.3. The number of hydrogen-bond acceptors (Lipinski definition) is 2. The fourth-order valence-electron chi connectivity index (χ4n) is 8.90. The van der Waals surface area contributed by atoms with Crippen LogP contribution in [0.2, 0.25) is 0 Å². The molecule has 7 rings (SSSR count). The van der Waals surface area contributed by atoms with E-state index in [4.69, 9.17) is 0 Å². The van der Waals surface area contributed by atoms with Gasteiger partial charge in [-0.05, 0) is 97.2 Å². The molecule has 5 aromatic carbocycles. The first-order chi connectivity index (χ1) is 27.0. The number of unbranched alkanes of at least 4 members (excludes halogenated alkanes) is 6. The molecule has 0 N–H and O–H groups in total. The van der Waals surface area contributed by atoms with Crippen molar-refractivity contribution in [2.24, 2.45) is 0 Å². The van der Waals surface area contributed by atoms with Crippen LogP contribution >= 0.6 is 0 Å². The third-order valence-electron chi connectivity index (χ3n) is 12.1. The number of Topliss-reactive ketones (excluding diaryl/α,β-unsaturated/α-hetero) is 2. The van der Waals surface area contributed by atoms with Crippen LogP contribution in [-0.2, 0) is 13.1 Å². The van der Waals surface area contributed by atoms with Crippen LogP contribution in [0.4, 0.5) is 0 Å². The fraction of sp³-hybridized carbons (Fsp3) is 0.385. The Morgan fingerprint density at radius 3 is 1.20 bits per heavy atom. The highest BCUT2D eigenvalue weighted by atomic mass is 16.1. The van der Waals surface area contributed by atoms with Gasteiger partial charge in [-0.1, -0.05) is 129 Å². The van der Waals surface area contributed by atoms with Gasteiger partial charge in [0, 0.05) is 67.9 Å². The topological polar surface area (TPSA) is 44.0 Å². The zero-order valence-corrected chi connectivity index (χ0v) is 35.0. The molecule has 0 aliphatic rings. The number of benzene rings is 5. The fourth-order valence-corrected chi connectivity index (χ4v) is 8.90. The van der Waals surface area contributed by atoms with Crippen LogP contribution in [-0.4, -0.2) is 20.7 Å². The molecule has 0 aliphatic carbocycles. The molecule has 290 valence electrons. The maximum Gasteiger partial charge on any atom is 0.159 e. The van der Waals surface area contributed by atoms with E-state index in [0.717, 1.165) is 71.7 Å². The number of carbonyl (C=O) groups is 2. The van der Waals surface area contributed by atoms with Gasteiger partial charge in [-0.25, -0.2) is 0 Å². The molecule has 2 aromatic heterocycles. The molecule has 0 spiro atoms. The van der Waals surface area contributed by atoms with Gasteiger partial charge in [0.1, 0.15) is 0 Å². The average molecular weight is 745 g/mol. The molecule has 0 atom stereocenters. The highest BCUT2D eigenvalue weighted by Crippen LogP contribution is 2.51. The molecule has 0 saturated carbocycles. The molecule has 7 aromatic rings. The van der Waals surface area contributed by atoms with E-state index >= 15 is 0 Å². The van der Waals surface area contributed by atoms with Gasteiger partial charge in [-0.2, -0.15) is 0 Å². The van der Waals surface area contributed by atoms with Crippen molar-refractivity contribution in [1.82, 2.24) is 9.13 Å². The number of aromatic nitrogens is 2. The van der Waals surface area contributed by atoms with Crippen LogP contribution in [0.25, 0.3) is 65.9 Å². The summed E-state index contributed by atoms with van der Waals surface area (Å²) in [6.45, 7) is 18.6. The van der Waals surface area contributed by atoms with E-state index in [9.17, 15) is 9.59 Å². The second kappa shape index (κ2) is 16.6. The van der Waals surface area contributed by atoms with Crippen molar-refractivity contribution in [3.8, 4) is 22.3 Å². The average Bonchev–Trinajstić information content (AvgIpc) is 3.69. The Balaban J connectivity index is 1.76. The lowest BCUT2D eigenvalue weighted by atomic mass is 9.88. The Morgan fingerprint density at radius 1 is 0.500 bits per heavy atom. The SMILES string of the molecule is CCCCCCn1c2ccc(C(C)=O)cc2c2c(-c3ccc(C(C)C)cc3)c3c(c(-c4ccc(C(C)C)cc4)c21)c1cc(C(C)=O)ccc1n3CCCCCC. The molecule has 0 fully saturated rings. The Hall–Kier alpha value is -4.96. The second-order valence-corrected chi connectivity index (χ2v) is 16.8. The van der Waals surface area contributed by atoms with Gasteiger partial charge in [0.15, 0.2) is 11.6 Å². The van der Waals surface area contributed by atoms with E-state index < -0.39 is 0 Å². The predicted octanol–water partition coefficient (Wildman–Crippen LogP) is 15.0. The van der Waals surface area contributed by atoms with Gasteiger partial charge in [0.25, 0.3) is 0 Å². The van der Waals surface area contributed by atoms with Crippen LogP contribution < -0.4 is 0 Å². The Labute approximate surface area is 333 Å². The van der Waals surface area contributed by atoms with Crippen molar-refractivity contribution in [1.29, 1.82) is 0 Å². The lowest BCUT2D eigenvalue weighted by Gasteiger charge is -2.19. The van der Waals surface area contributed by atoms with Crippen molar-refractivity contribution in [2.75, 3.05) is 0 Å². The van der Waals surface area contributed by atoms with Crippen molar-refractivity contribution < 1.29 is 9.59 Å². The van der Waals surface area contributed by atoms with Gasteiger partial charge >= 0.3 is 0 Å². The molecule has 0 aliphatic heterocycles. The number of carbonyl (C=O) groups excluding carboxylic acids is 2. The minimum atomic E-state index is 0.0750. The molecule has 0 radical (unpaired) electrons. The van der Waals surface area contributed by atoms with Crippen LogP contribution in [0, 0.1) is 0 Å². The first-order valence-electron chi connectivity index (χ1n) is 21.4. The summed E-state index contributed by atoms with van der Waals surface area (Å²) in [6, 6.07) is 31.2. The Kier molecular flexibility index (Phi) is 11.7. The normalized spacial score (nSPS) is 12.0. The van der Waals surface area contributed by atoms with Crippen molar-refractivity contribution in [3.63, 3.8) is 0 Å². The molecule has 0 amide bonds. The van der Waals surface area contributed by atoms with E-state index in [1.165, 1.54) is 80.9 Å². The molecule has 0 unspecified atom stereocenters. The summed E-state index contributed by atoms with van der Waals surface area (Å²) in [5, 5.41) is 4.66. The van der Waals surface area contributed by atoms with Gasteiger partial charge in [0.2, 0.25) is 0 Å². The zero-order valence-electron chi connectivity index (χ0n) is 35.0. The standard InChI is InChI=1S/C52H60N2O2/c1-9-11-13-15-29-53-45-27-25-41(35(7)55)31-43(45)49-48(40-23-19-38(20-24-40)34(5)6)52-50(47(51(49)53)39-21-17-37(18-22-39)33(3)4)44-32-42(36(8)56)26-28-46(44)54(52)30-16-14-12-10-2/h17-28,31-34H,9-16,29-30H2,1-8H3.